The Kier molecular flexibility index (Phi) is 6.70. The molecule has 0 spiro atoms. The van der Waals surface area contributed by atoms with E-state index in [9.17, 15) is 0 Å². The summed E-state index contributed by atoms with van der Waals surface area (Å²) in [5.41, 5.74) is 1.22. The van der Waals surface area contributed by atoms with E-state index in [1.54, 1.807) is 0 Å². The molecule has 0 amide bonds. The van der Waals surface area contributed by atoms with Crippen molar-refractivity contribution < 1.29 is 9.16 Å². The summed E-state index contributed by atoms with van der Waals surface area (Å²) in [6, 6.07) is 8.42. The minimum atomic E-state index is -1.75. The third-order valence-electron chi connectivity index (χ3n) is 4.97. The Balaban J connectivity index is 2.55. The molecule has 0 unspecified atom stereocenters. The quantitative estimate of drug-likeness (QED) is 0.581. The lowest BCUT2D eigenvalue weighted by Gasteiger charge is -2.36. The molecule has 0 aliphatic heterocycles. The van der Waals surface area contributed by atoms with Crippen molar-refractivity contribution in [2.75, 3.05) is 6.23 Å². The van der Waals surface area contributed by atoms with E-state index in [-0.39, 0.29) is 5.04 Å². The van der Waals surface area contributed by atoms with Gasteiger partial charge in [-0.2, -0.15) is 0 Å². The Bertz CT molecular complexity index is 482. The van der Waals surface area contributed by atoms with Crippen molar-refractivity contribution in [1.29, 1.82) is 0 Å². The van der Waals surface area contributed by atoms with Crippen LogP contribution in [-0.4, -0.2) is 23.3 Å². The van der Waals surface area contributed by atoms with Crippen molar-refractivity contribution in [2.24, 2.45) is 0 Å². The van der Waals surface area contributed by atoms with E-state index in [4.69, 9.17) is 9.16 Å². The first-order chi connectivity index (χ1) is 10.3. The molecule has 0 saturated heterocycles. The van der Waals surface area contributed by atoms with Crippen molar-refractivity contribution in [1.82, 2.24) is 0 Å². The highest BCUT2D eigenvalue weighted by Gasteiger charge is 2.38. The van der Waals surface area contributed by atoms with E-state index in [1.807, 2.05) is 0 Å². The van der Waals surface area contributed by atoms with Gasteiger partial charge >= 0.3 is 0 Å². The third kappa shape index (κ3) is 6.44. The van der Waals surface area contributed by atoms with Crippen molar-refractivity contribution in [3.8, 4) is 5.75 Å². The standard InChI is InChI=1S/C19H35O2Si2/c1-18(2,3)22(7)15-20-14-16-10-12-17(13-11-16)21-23(8,9)19(4,5)6/h10-13H,14-15H2,1-9H3. The molecule has 0 N–H and O–H groups in total. The minimum absolute atomic E-state index is 0.223. The number of hydrogen-bond donors (Lipinski definition) is 0. The van der Waals surface area contributed by atoms with Crippen LogP contribution < -0.4 is 4.43 Å². The monoisotopic (exact) mass is 351 g/mol. The number of benzene rings is 1. The van der Waals surface area contributed by atoms with Crippen LogP contribution in [0.3, 0.4) is 0 Å². The molecule has 1 aromatic rings. The van der Waals surface area contributed by atoms with Gasteiger partial charge in [0, 0.05) is 6.23 Å². The van der Waals surface area contributed by atoms with Crippen LogP contribution in [0.4, 0.5) is 0 Å². The highest BCUT2D eigenvalue weighted by molar-refractivity contribution is 6.74. The van der Waals surface area contributed by atoms with Crippen molar-refractivity contribution >= 4 is 17.1 Å². The maximum Gasteiger partial charge on any atom is 0.250 e. The van der Waals surface area contributed by atoms with Crippen LogP contribution in [0.5, 0.6) is 5.75 Å². The zero-order valence-corrected chi connectivity index (χ0v) is 18.5. The number of ether oxygens (including phenoxy) is 1. The van der Waals surface area contributed by atoms with Crippen LogP contribution in [0.1, 0.15) is 47.1 Å². The summed E-state index contributed by atoms with van der Waals surface area (Å²) in [7, 11) is -2.22. The Morgan fingerprint density at radius 2 is 1.48 bits per heavy atom. The fourth-order valence-corrected chi connectivity index (χ4v) is 3.51. The summed E-state index contributed by atoms with van der Waals surface area (Å²) in [5.74, 6) is 0.982. The molecule has 4 heteroatoms. The highest BCUT2D eigenvalue weighted by Crippen LogP contribution is 2.37. The molecule has 0 saturated carbocycles. The summed E-state index contributed by atoms with van der Waals surface area (Å²) < 4.78 is 12.2. The molecule has 0 heterocycles. The van der Waals surface area contributed by atoms with Gasteiger partial charge in [-0.3, -0.25) is 0 Å². The Labute approximate surface area is 146 Å². The van der Waals surface area contributed by atoms with Gasteiger partial charge in [0.15, 0.2) is 0 Å². The zero-order chi connectivity index (χ0) is 17.9. The highest BCUT2D eigenvalue weighted by atomic mass is 28.4. The molecule has 1 rings (SSSR count). The Morgan fingerprint density at radius 1 is 0.957 bits per heavy atom. The maximum absolute atomic E-state index is 6.31. The Hall–Kier alpha value is -0.586. The van der Waals surface area contributed by atoms with Crippen molar-refractivity contribution in [3.63, 3.8) is 0 Å². The molecule has 0 bridgehead atoms. The molecular weight excluding hydrogens is 316 g/mol. The van der Waals surface area contributed by atoms with E-state index in [1.165, 1.54) is 5.56 Å². The van der Waals surface area contributed by atoms with Gasteiger partial charge in [0.1, 0.15) is 5.75 Å². The third-order valence-corrected chi connectivity index (χ3v) is 12.5. The first kappa shape index (κ1) is 20.5. The van der Waals surface area contributed by atoms with Gasteiger partial charge in [0.2, 0.25) is 8.32 Å². The largest absolute Gasteiger partial charge is 0.544 e. The first-order valence-electron chi connectivity index (χ1n) is 8.51. The van der Waals surface area contributed by atoms with E-state index < -0.39 is 17.1 Å². The molecule has 0 aliphatic rings. The van der Waals surface area contributed by atoms with Gasteiger partial charge in [0.25, 0.3) is 0 Å². The molecule has 23 heavy (non-hydrogen) atoms. The predicted molar refractivity (Wildman–Crippen MR) is 105 cm³/mol. The molecule has 0 fully saturated rings. The van der Waals surface area contributed by atoms with Crippen LogP contribution in [0, 0.1) is 0 Å². The second kappa shape index (κ2) is 7.53. The average molecular weight is 352 g/mol. The van der Waals surface area contributed by atoms with Crippen LogP contribution in [0.25, 0.3) is 0 Å². The van der Waals surface area contributed by atoms with Gasteiger partial charge in [0.05, 0.1) is 15.4 Å². The predicted octanol–water partition coefficient (Wildman–Crippen LogP) is 6.05. The second-order valence-corrected chi connectivity index (χ2v) is 17.1. The molecule has 0 aliphatic carbocycles. The van der Waals surface area contributed by atoms with Gasteiger partial charge in [-0.1, -0.05) is 60.2 Å². The minimum Gasteiger partial charge on any atom is -0.544 e. The molecule has 2 nitrogen and oxygen atoms in total. The molecule has 0 aromatic heterocycles. The SMILES string of the molecule is C[Si](COCc1ccc(O[Si](C)(C)C(C)(C)C)cc1)C(C)(C)C. The molecule has 131 valence electrons. The Morgan fingerprint density at radius 3 is 1.91 bits per heavy atom. The first-order valence-corrected chi connectivity index (χ1v) is 13.6. The van der Waals surface area contributed by atoms with E-state index in [2.05, 4.69) is 85.4 Å². The average Bonchev–Trinajstić information content (AvgIpc) is 2.38. The molecular formula is C19H35O2Si2. The summed E-state index contributed by atoms with van der Waals surface area (Å²) in [6.45, 7) is 21.3. The normalized spacial score (nSPS) is 13.5. The fourth-order valence-electron chi connectivity index (χ4n) is 1.64. The van der Waals surface area contributed by atoms with Gasteiger partial charge in [-0.25, -0.2) is 0 Å². The van der Waals surface area contributed by atoms with E-state index >= 15 is 0 Å². The van der Waals surface area contributed by atoms with Crippen LogP contribution >= 0.6 is 0 Å². The van der Waals surface area contributed by atoms with Crippen LogP contribution in [0.2, 0.25) is 29.7 Å². The summed E-state index contributed by atoms with van der Waals surface area (Å²) in [6.07, 6.45) is 0.899. The maximum atomic E-state index is 6.31. The van der Waals surface area contributed by atoms with Gasteiger partial charge < -0.3 is 9.16 Å². The summed E-state index contributed by atoms with van der Waals surface area (Å²) in [5, 5.41) is 0.618. The van der Waals surface area contributed by atoms with Crippen molar-refractivity contribution in [2.45, 2.75) is 77.9 Å². The zero-order valence-electron chi connectivity index (χ0n) is 16.5. The van der Waals surface area contributed by atoms with E-state index in [0.717, 1.165) is 12.0 Å². The lowest BCUT2D eigenvalue weighted by molar-refractivity contribution is 0.159. The summed E-state index contributed by atoms with van der Waals surface area (Å²) >= 11 is 0. The molecule has 1 radical (unpaired) electrons. The molecule has 1 aromatic carbocycles. The van der Waals surface area contributed by atoms with Gasteiger partial charge in [-0.15, -0.1) is 0 Å². The lowest BCUT2D eigenvalue weighted by Crippen LogP contribution is -2.43. The molecule has 0 atom stereocenters. The van der Waals surface area contributed by atoms with E-state index in [0.29, 0.717) is 11.6 Å². The van der Waals surface area contributed by atoms with Crippen molar-refractivity contribution in [3.05, 3.63) is 29.8 Å². The fraction of sp³-hybridized carbons (Fsp3) is 0.684. The number of hydrogen-bond acceptors (Lipinski definition) is 2. The van der Waals surface area contributed by atoms with Gasteiger partial charge in [-0.05, 0) is 40.9 Å². The second-order valence-electron chi connectivity index (χ2n) is 9.03. The van der Waals surface area contributed by atoms with Crippen LogP contribution in [0.15, 0.2) is 24.3 Å². The number of rotatable bonds is 6. The summed E-state index contributed by atoms with van der Waals surface area (Å²) in [4.78, 5) is 0. The smallest absolute Gasteiger partial charge is 0.250 e. The lowest BCUT2D eigenvalue weighted by atomic mass is 10.2. The topological polar surface area (TPSA) is 18.5 Å². The van der Waals surface area contributed by atoms with Crippen LogP contribution in [-0.2, 0) is 11.3 Å².